The Balaban J connectivity index is 5.11. The maximum atomic E-state index is 11.5. The molecule has 0 heterocycles. The molecule has 0 rings (SSSR count). The predicted molar refractivity (Wildman–Crippen MR) is 122 cm³/mol. The summed E-state index contributed by atoms with van der Waals surface area (Å²) in [7, 11) is 0. The average molecular weight is 443 g/mol. The normalized spacial score (nSPS) is 16.5. The number of quaternary nitrogens is 1. The number of rotatable bonds is 19. The second-order valence-corrected chi connectivity index (χ2v) is 9.15. The van der Waals surface area contributed by atoms with Crippen LogP contribution in [0.5, 0.6) is 0 Å². The van der Waals surface area contributed by atoms with E-state index in [2.05, 4.69) is 19.1 Å². The van der Waals surface area contributed by atoms with Gasteiger partial charge in [0.05, 0.1) is 26.2 Å². The summed E-state index contributed by atoms with van der Waals surface area (Å²) in [6, 6.07) is 0. The van der Waals surface area contributed by atoms with Gasteiger partial charge in [-0.3, -0.25) is 14.4 Å². The van der Waals surface area contributed by atoms with Gasteiger partial charge in [-0.1, -0.05) is 38.3 Å². The van der Waals surface area contributed by atoms with Crippen LogP contribution in [0.1, 0.15) is 79.1 Å². The molecule has 3 N–H and O–H groups in total. The van der Waals surface area contributed by atoms with Crippen LogP contribution in [-0.4, -0.2) is 63.9 Å². The first-order valence-electron chi connectivity index (χ1n) is 11.7. The molecule has 0 aliphatic carbocycles. The summed E-state index contributed by atoms with van der Waals surface area (Å²) in [5.74, 6) is -4.86. The maximum Gasteiger partial charge on any atom is 0.311 e. The highest BCUT2D eigenvalue weighted by molar-refractivity contribution is 5.70. The van der Waals surface area contributed by atoms with Gasteiger partial charge in [0, 0.05) is 0 Å². The number of nitrogens with zero attached hydrogens (tertiary/aromatic N) is 1. The van der Waals surface area contributed by atoms with E-state index >= 15 is 0 Å². The largest absolute Gasteiger partial charge is 0.481 e. The number of carbonyl (C=O) groups is 3. The number of hydrogen-bond donors (Lipinski definition) is 3. The first-order chi connectivity index (χ1) is 14.5. The van der Waals surface area contributed by atoms with Gasteiger partial charge in [-0.05, 0) is 52.9 Å². The van der Waals surface area contributed by atoms with Crippen molar-refractivity contribution in [1.82, 2.24) is 0 Å². The van der Waals surface area contributed by atoms with E-state index < -0.39 is 35.7 Å². The molecule has 0 aromatic rings. The second-order valence-electron chi connectivity index (χ2n) is 9.15. The summed E-state index contributed by atoms with van der Waals surface area (Å²) in [5, 5.41) is 28.3. The van der Waals surface area contributed by atoms with Crippen LogP contribution in [-0.2, 0) is 14.4 Å². The zero-order valence-electron chi connectivity index (χ0n) is 19.9. The fraction of sp³-hybridized carbons (Fsp3) is 0.792. The van der Waals surface area contributed by atoms with Crippen LogP contribution in [0.4, 0.5) is 0 Å². The van der Waals surface area contributed by atoms with E-state index in [0.717, 1.165) is 25.7 Å². The molecule has 7 heteroatoms. The number of unbranched alkanes of at least 4 members (excludes halogenated alkanes) is 6. The van der Waals surface area contributed by atoms with Crippen LogP contribution in [0.25, 0.3) is 0 Å². The zero-order chi connectivity index (χ0) is 23.9. The predicted octanol–water partition coefficient (Wildman–Crippen LogP) is 4.66. The van der Waals surface area contributed by atoms with Crippen molar-refractivity contribution >= 4 is 17.9 Å². The smallest absolute Gasteiger partial charge is 0.311 e. The molecule has 3 atom stereocenters. The Bertz CT molecular complexity index is 519. The van der Waals surface area contributed by atoms with E-state index in [9.17, 15) is 29.7 Å². The van der Waals surface area contributed by atoms with Crippen molar-refractivity contribution in [1.29, 1.82) is 0 Å². The molecule has 0 aliphatic heterocycles. The standard InChI is InChI=1S/C24H43NO6/c1-5-6-7-8-9-10-11-12-13-14-15-25(16-19(2)22(26)27,17-20(3)23(28)29)18-21(4)24(30)31/h10-11,19-21H,5-9,12-18H2,1-4H3,(H2-,26,27,28,29,30,31)/p+1/b11-10+. The molecule has 0 aromatic carbocycles. The summed E-state index contributed by atoms with van der Waals surface area (Å²) in [5.41, 5.74) is 0. The molecule has 0 fully saturated rings. The molecular weight excluding hydrogens is 398 g/mol. The van der Waals surface area contributed by atoms with E-state index in [1.807, 2.05) is 0 Å². The van der Waals surface area contributed by atoms with Crippen molar-refractivity contribution in [2.45, 2.75) is 79.1 Å². The lowest BCUT2D eigenvalue weighted by atomic mass is 10.0. The fourth-order valence-corrected chi connectivity index (χ4v) is 4.11. The first-order valence-corrected chi connectivity index (χ1v) is 11.7. The van der Waals surface area contributed by atoms with Crippen LogP contribution >= 0.6 is 0 Å². The molecule has 3 unspecified atom stereocenters. The molecule has 180 valence electrons. The van der Waals surface area contributed by atoms with E-state index in [4.69, 9.17) is 0 Å². The lowest BCUT2D eigenvalue weighted by molar-refractivity contribution is -0.934. The van der Waals surface area contributed by atoms with Gasteiger partial charge in [0.15, 0.2) is 0 Å². The van der Waals surface area contributed by atoms with Crippen molar-refractivity contribution in [2.75, 3.05) is 26.2 Å². The molecule has 0 radical (unpaired) electrons. The van der Waals surface area contributed by atoms with Crippen LogP contribution in [0, 0.1) is 17.8 Å². The van der Waals surface area contributed by atoms with E-state index in [1.165, 1.54) is 25.7 Å². The number of hydrogen-bond acceptors (Lipinski definition) is 3. The topological polar surface area (TPSA) is 112 Å². The second kappa shape index (κ2) is 15.8. The van der Waals surface area contributed by atoms with Gasteiger partial charge in [0.2, 0.25) is 0 Å². The summed E-state index contributed by atoms with van der Waals surface area (Å²) in [6.45, 7) is 8.29. The number of aliphatic carboxylic acids is 3. The molecule has 0 spiro atoms. The molecule has 7 nitrogen and oxygen atoms in total. The Hall–Kier alpha value is -1.89. The van der Waals surface area contributed by atoms with Crippen molar-refractivity contribution in [3.8, 4) is 0 Å². The molecular formula is C24H44NO6+. The number of carboxylic acids is 3. The average Bonchev–Trinajstić information content (AvgIpc) is 2.68. The van der Waals surface area contributed by atoms with E-state index in [-0.39, 0.29) is 24.1 Å². The third-order valence-electron chi connectivity index (χ3n) is 5.89. The lowest BCUT2D eigenvalue weighted by Gasteiger charge is -2.42. The minimum atomic E-state index is -0.945. The van der Waals surface area contributed by atoms with Gasteiger partial charge in [-0.15, -0.1) is 0 Å². The third kappa shape index (κ3) is 13.2. The fourth-order valence-electron chi connectivity index (χ4n) is 4.11. The van der Waals surface area contributed by atoms with Gasteiger partial charge in [-0.25, -0.2) is 0 Å². The Morgan fingerprint density at radius 1 is 0.677 bits per heavy atom. The summed E-state index contributed by atoms with van der Waals surface area (Å²) in [6.07, 6.45) is 13.1. The molecule has 0 saturated heterocycles. The van der Waals surface area contributed by atoms with Crippen LogP contribution < -0.4 is 0 Å². The van der Waals surface area contributed by atoms with Gasteiger partial charge in [-0.2, -0.15) is 0 Å². The molecule has 0 aromatic heterocycles. The molecule has 0 saturated carbocycles. The van der Waals surface area contributed by atoms with Gasteiger partial charge >= 0.3 is 17.9 Å². The van der Waals surface area contributed by atoms with Gasteiger partial charge in [0.25, 0.3) is 0 Å². The van der Waals surface area contributed by atoms with Crippen LogP contribution in [0.2, 0.25) is 0 Å². The Morgan fingerprint density at radius 3 is 1.42 bits per heavy atom. The Morgan fingerprint density at radius 2 is 1.06 bits per heavy atom. The van der Waals surface area contributed by atoms with Crippen molar-refractivity contribution < 1.29 is 34.2 Å². The molecule has 31 heavy (non-hydrogen) atoms. The van der Waals surface area contributed by atoms with Gasteiger partial charge < -0.3 is 19.8 Å². The minimum Gasteiger partial charge on any atom is -0.481 e. The van der Waals surface area contributed by atoms with Crippen LogP contribution in [0.15, 0.2) is 12.2 Å². The lowest BCUT2D eigenvalue weighted by Crippen LogP contribution is -2.57. The van der Waals surface area contributed by atoms with Crippen molar-refractivity contribution in [3.05, 3.63) is 12.2 Å². The van der Waals surface area contributed by atoms with Crippen LogP contribution in [0.3, 0.4) is 0 Å². The van der Waals surface area contributed by atoms with Gasteiger partial charge in [0.1, 0.15) is 17.8 Å². The number of allylic oxidation sites excluding steroid dienone is 2. The SMILES string of the molecule is CCCCCC/C=C/CCCC[N+](CC(C)C(=O)O)(CC(C)C(=O)O)CC(C)C(=O)O. The maximum absolute atomic E-state index is 11.5. The molecule has 0 amide bonds. The Labute approximate surface area is 187 Å². The summed E-state index contributed by atoms with van der Waals surface area (Å²) in [4.78, 5) is 34.5. The highest BCUT2D eigenvalue weighted by Crippen LogP contribution is 2.21. The monoisotopic (exact) mass is 442 g/mol. The minimum absolute atomic E-state index is 0.204. The third-order valence-corrected chi connectivity index (χ3v) is 5.89. The first kappa shape index (κ1) is 29.1. The van der Waals surface area contributed by atoms with E-state index in [1.54, 1.807) is 20.8 Å². The highest BCUT2D eigenvalue weighted by Gasteiger charge is 2.38. The highest BCUT2D eigenvalue weighted by atomic mass is 16.4. The summed E-state index contributed by atoms with van der Waals surface area (Å²) < 4.78 is 0.204. The van der Waals surface area contributed by atoms with Crippen molar-refractivity contribution in [2.24, 2.45) is 17.8 Å². The molecule has 0 bridgehead atoms. The number of carboxylic acid groups (broad SMARTS) is 3. The molecule has 0 aliphatic rings. The van der Waals surface area contributed by atoms with Crippen molar-refractivity contribution in [3.63, 3.8) is 0 Å². The van der Waals surface area contributed by atoms with E-state index in [0.29, 0.717) is 6.54 Å². The summed E-state index contributed by atoms with van der Waals surface area (Å²) >= 11 is 0. The zero-order valence-corrected chi connectivity index (χ0v) is 19.9. The Kier molecular flexibility index (Phi) is 14.9. The quantitative estimate of drug-likeness (QED) is 0.152.